The van der Waals surface area contributed by atoms with Gasteiger partial charge in [0.2, 0.25) is 5.88 Å². The maximum Gasteiger partial charge on any atom is 0.243 e. The van der Waals surface area contributed by atoms with Crippen molar-refractivity contribution in [3.05, 3.63) is 29.8 Å². The highest BCUT2D eigenvalue weighted by Crippen LogP contribution is 2.31. The normalized spacial score (nSPS) is 9.69. The zero-order valence-electron chi connectivity index (χ0n) is 8.14. The van der Waals surface area contributed by atoms with Gasteiger partial charge in [0.15, 0.2) is 5.56 Å². The van der Waals surface area contributed by atoms with Gasteiger partial charge in [0.05, 0.1) is 0 Å². The van der Waals surface area contributed by atoms with Crippen molar-refractivity contribution >= 4 is 27.9 Å². The highest BCUT2D eigenvalue weighted by molar-refractivity contribution is 7.10. The Hall–Kier alpha value is -2.26. The Morgan fingerprint density at radius 1 is 1.38 bits per heavy atom. The summed E-state index contributed by atoms with van der Waals surface area (Å²) in [4.78, 5) is 0. The summed E-state index contributed by atoms with van der Waals surface area (Å²) in [5.74, 6) is -0.245. The van der Waals surface area contributed by atoms with Crippen molar-refractivity contribution in [3.8, 4) is 11.9 Å². The first-order chi connectivity index (χ1) is 7.70. The van der Waals surface area contributed by atoms with Gasteiger partial charge in [-0.2, -0.15) is 9.64 Å². The molecule has 0 fully saturated rings. The quantitative estimate of drug-likeness (QED) is 0.689. The molecule has 0 saturated heterocycles. The van der Waals surface area contributed by atoms with Gasteiger partial charge in [-0.3, -0.25) is 0 Å². The van der Waals surface area contributed by atoms with E-state index >= 15 is 0 Å². The predicted molar refractivity (Wildman–Crippen MR) is 62.6 cm³/mol. The van der Waals surface area contributed by atoms with E-state index in [4.69, 9.17) is 11.0 Å². The zero-order chi connectivity index (χ0) is 11.5. The van der Waals surface area contributed by atoms with Gasteiger partial charge in [-0.25, -0.2) is 0 Å². The van der Waals surface area contributed by atoms with E-state index in [9.17, 15) is 5.11 Å². The third kappa shape index (κ3) is 1.89. The maximum atomic E-state index is 9.27. The highest BCUT2D eigenvalue weighted by Gasteiger charge is 2.12. The second kappa shape index (κ2) is 4.08. The van der Waals surface area contributed by atoms with Crippen LogP contribution in [0.1, 0.15) is 5.56 Å². The van der Waals surface area contributed by atoms with Crippen LogP contribution in [0.25, 0.3) is 0 Å². The summed E-state index contributed by atoms with van der Waals surface area (Å²) in [6.07, 6.45) is 0. The summed E-state index contributed by atoms with van der Waals surface area (Å²) in [6, 6.07) is 8.95. The van der Waals surface area contributed by atoms with Gasteiger partial charge < -0.3 is 16.2 Å². The summed E-state index contributed by atoms with van der Waals surface area (Å²) in [5, 5.41) is 21.6. The van der Waals surface area contributed by atoms with Gasteiger partial charge >= 0.3 is 0 Å². The van der Waals surface area contributed by atoms with E-state index in [1.165, 1.54) is 0 Å². The number of nitrogen functional groups attached to an aromatic ring is 1. The molecule has 16 heavy (non-hydrogen) atoms. The molecule has 0 aliphatic rings. The first kappa shape index (κ1) is 10.3. The number of hydrogen-bond acceptors (Lipinski definition) is 6. The number of hydrogen-bond donors (Lipinski definition) is 3. The number of nitrogens with one attached hydrogen (secondary N) is 1. The number of nitriles is 1. The average molecular weight is 232 g/mol. The zero-order valence-corrected chi connectivity index (χ0v) is 8.95. The van der Waals surface area contributed by atoms with Crippen LogP contribution in [0.4, 0.5) is 16.4 Å². The first-order valence-corrected chi connectivity index (χ1v) is 5.19. The molecule has 1 aromatic carbocycles. The molecule has 0 radical (unpaired) electrons. The van der Waals surface area contributed by atoms with Crippen LogP contribution in [0.2, 0.25) is 0 Å². The highest BCUT2D eigenvalue weighted by atomic mass is 32.1. The number of aromatic nitrogens is 1. The minimum atomic E-state index is -0.245. The van der Waals surface area contributed by atoms with Crippen LogP contribution in [0.3, 0.4) is 0 Å². The van der Waals surface area contributed by atoms with Gasteiger partial charge in [-0.15, -0.1) is 0 Å². The lowest BCUT2D eigenvalue weighted by Gasteiger charge is -2.03. The monoisotopic (exact) mass is 232 g/mol. The molecular formula is C10H8N4OS. The summed E-state index contributed by atoms with van der Waals surface area (Å²) >= 11 is 1.03. The Balaban J connectivity index is 2.27. The Labute approximate surface area is 95.9 Å². The lowest BCUT2D eigenvalue weighted by atomic mass is 10.3. The third-order valence-corrected chi connectivity index (χ3v) is 2.71. The van der Waals surface area contributed by atoms with E-state index in [0.717, 1.165) is 17.2 Å². The van der Waals surface area contributed by atoms with Gasteiger partial charge in [0.1, 0.15) is 11.1 Å². The molecule has 1 aromatic heterocycles. The maximum absolute atomic E-state index is 9.27. The molecule has 2 rings (SSSR count). The molecule has 0 saturated carbocycles. The number of aromatic hydroxyl groups is 1. The van der Waals surface area contributed by atoms with Crippen molar-refractivity contribution in [2.45, 2.75) is 0 Å². The van der Waals surface area contributed by atoms with Crippen molar-refractivity contribution in [2.75, 3.05) is 11.1 Å². The predicted octanol–water partition coefficient (Wildman–Crippen LogP) is 2.05. The number of rotatable bonds is 2. The van der Waals surface area contributed by atoms with Gasteiger partial charge in [0, 0.05) is 11.4 Å². The van der Waals surface area contributed by atoms with Crippen molar-refractivity contribution in [1.29, 1.82) is 5.26 Å². The van der Waals surface area contributed by atoms with E-state index in [0.29, 0.717) is 10.7 Å². The fourth-order valence-corrected chi connectivity index (χ4v) is 1.83. The van der Waals surface area contributed by atoms with Gasteiger partial charge in [0.25, 0.3) is 0 Å². The number of nitrogens with zero attached hydrogens (tertiary/aromatic N) is 2. The van der Waals surface area contributed by atoms with E-state index in [-0.39, 0.29) is 11.4 Å². The fraction of sp³-hybridized carbons (Fsp3) is 0. The molecule has 5 nitrogen and oxygen atoms in total. The minimum Gasteiger partial charge on any atom is -0.492 e. The van der Waals surface area contributed by atoms with Crippen LogP contribution < -0.4 is 11.1 Å². The third-order valence-electron chi connectivity index (χ3n) is 1.95. The lowest BCUT2D eigenvalue weighted by Crippen LogP contribution is -1.90. The van der Waals surface area contributed by atoms with Crippen LogP contribution >= 0.6 is 11.5 Å². The van der Waals surface area contributed by atoms with Crippen LogP contribution in [-0.4, -0.2) is 9.48 Å². The Bertz CT molecular complexity index is 541. The second-order valence-corrected chi connectivity index (χ2v) is 3.84. The fourth-order valence-electron chi connectivity index (χ4n) is 1.17. The second-order valence-electron chi connectivity index (χ2n) is 3.07. The Kier molecular flexibility index (Phi) is 2.62. The molecule has 2 aromatic rings. The van der Waals surface area contributed by atoms with Crippen LogP contribution in [0.15, 0.2) is 24.3 Å². The molecule has 6 heteroatoms. The van der Waals surface area contributed by atoms with E-state index in [1.807, 2.05) is 6.07 Å². The van der Waals surface area contributed by atoms with E-state index in [1.54, 1.807) is 24.3 Å². The number of anilines is 3. The smallest absolute Gasteiger partial charge is 0.243 e. The number of benzene rings is 1. The van der Waals surface area contributed by atoms with Crippen LogP contribution in [0.5, 0.6) is 5.88 Å². The average Bonchev–Trinajstić information content (AvgIpc) is 2.63. The van der Waals surface area contributed by atoms with E-state index in [2.05, 4.69) is 9.69 Å². The van der Waals surface area contributed by atoms with E-state index < -0.39 is 0 Å². The topological polar surface area (TPSA) is 95.0 Å². The summed E-state index contributed by atoms with van der Waals surface area (Å²) < 4.78 is 3.69. The molecule has 0 amide bonds. The van der Waals surface area contributed by atoms with Crippen molar-refractivity contribution in [3.63, 3.8) is 0 Å². The molecule has 0 unspecified atom stereocenters. The molecule has 0 spiro atoms. The molecule has 0 bridgehead atoms. The van der Waals surface area contributed by atoms with Crippen molar-refractivity contribution in [2.24, 2.45) is 0 Å². The van der Waals surface area contributed by atoms with Crippen molar-refractivity contribution in [1.82, 2.24) is 4.37 Å². The Morgan fingerprint density at radius 2 is 2.06 bits per heavy atom. The largest absolute Gasteiger partial charge is 0.492 e. The van der Waals surface area contributed by atoms with Gasteiger partial charge in [-0.1, -0.05) is 0 Å². The van der Waals surface area contributed by atoms with Crippen molar-refractivity contribution < 1.29 is 5.11 Å². The van der Waals surface area contributed by atoms with Gasteiger partial charge in [-0.05, 0) is 35.8 Å². The molecule has 1 heterocycles. The van der Waals surface area contributed by atoms with Crippen LogP contribution in [-0.2, 0) is 0 Å². The molecule has 80 valence electrons. The molecule has 0 aliphatic heterocycles. The lowest BCUT2D eigenvalue weighted by molar-refractivity contribution is 0.458. The summed E-state index contributed by atoms with van der Waals surface area (Å²) in [5.41, 5.74) is 7.16. The molecular weight excluding hydrogens is 224 g/mol. The first-order valence-electron chi connectivity index (χ1n) is 4.42. The molecule has 0 atom stereocenters. The standard InChI is InChI=1S/C10H8N4OS/c11-5-8-9(15)14-16-10(8)13-7-3-1-6(12)2-4-7/h1-4,13H,12H2,(H,14,15). The molecule has 0 aliphatic carbocycles. The summed E-state index contributed by atoms with van der Waals surface area (Å²) in [6.45, 7) is 0. The Morgan fingerprint density at radius 3 is 2.69 bits per heavy atom. The minimum absolute atomic E-state index is 0.154. The number of nitrogens with two attached hydrogens (primary N) is 1. The molecule has 4 N–H and O–H groups in total. The SMILES string of the molecule is N#Cc1c(O)nsc1Nc1ccc(N)cc1. The summed E-state index contributed by atoms with van der Waals surface area (Å²) in [7, 11) is 0. The van der Waals surface area contributed by atoms with Crippen LogP contribution in [0, 0.1) is 11.3 Å².